The third-order valence-corrected chi connectivity index (χ3v) is 5.35. The highest BCUT2D eigenvalue weighted by molar-refractivity contribution is 5.70. The van der Waals surface area contributed by atoms with E-state index in [1.807, 2.05) is 56.0 Å². The van der Waals surface area contributed by atoms with Crippen LogP contribution in [0.2, 0.25) is 0 Å². The molecule has 2 amide bonds. The van der Waals surface area contributed by atoms with Crippen LogP contribution in [0.25, 0.3) is 0 Å². The third kappa shape index (κ3) is 4.73. The maximum atomic E-state index is 12.5. The number of ether oxygens (including phenoxy) is 2. The van der Waals surface area contributed by atoms with Crippen LogP contribution < -0.4 is 0 Å². The average Bonchev–Trinajstić information content (AvgIpc) is 2.88. The van der Waals surface area contributed by atoms with Gasteiger partial charge in [0.25, 0.3) is 0 Å². The number of fused-ring (bicyclic) bond motifs is 2. The van der Waals surface area contributed by atoms with Crippen LogP contribution in [0.15, 0.2) is 30.3 Å². The van der Waals surface area contributed by atoms with E-state index in [2.05, 4.69) is 0 Å². The fourth-order valence-electron chi connectivity index (χ4n) is 4.05. The van der Waals surface area contributed by atoms with Crippen LogP contribution in [0, 0.1) is 0 Å². The first-order chi connectivity index (χ1) is 12.7. The molecule has 148 valence electrons. The third-order valence-electron chi connectivity index (χ3n) is 5.35. The molecule has 2 unspecified atom stereocenters. The van der Waals surface area contributed by atoms with Crippen molar-refractivity contribution in [1.82, 2.24) is 9.80 Å². The summed E-state index contributed by atoms with van der Waals surface area (Å²) in [6.45, 7) is 5.93. The summed E-state index contributed by atoms with van der Waals surface area (Å²) in [6.07, 6.45) is 2.93. The molecular weight excluding hydrogens is 344 g/mol. The molecule has 2 atom stereocenters. The first kappa shape index (κ1) is 19.5. The number of amides is 2. The molecule has 2 bridgehead atoms. The molecule has 1 aromatic rings. The van der Waals surface area contributed by atoms with E-state index in [1.54, 1.807) is 11.9 Å². The van der Waals surface area contributed by atoms with Gasteiger partial charge in [-0.3, -0.25) is 0 Å². The van der Waals surface area contributed by atoms with Crippen LogP contribution in [-0.2, 0) is 16.1 Å². The van der Waals surface area contributed by atoms with Crippen molar-refractivity contribution in [3.8, 4) is 0 Å². The van der Waals surface area contributed by atoms with E-state index in [4.69, 9.17) is 9.47 Å². The van der Waals surface area contributed by atoms with Gasteiger partial charge >= 0.3 is 12.2 Å². The lowest BCUT2D eigenvalue weighted by Gasteiger charge is -2.42. The summed E-state index contributed by atoms with van der Waals surface area (Å²) in [6, 6.07) is 10.0. The molecule has 2 saturated heterocycles. The van der Waals surface area contributed by atoms with Gasteiger partial charge in [-0.15, -0.1) is 0 Å². The number of carbonyl (C=O) groups excluding carboxylic acids is 2. The minimum absolute atomic E-state index is 0.0875. The number of carbonyl (C=O) groups is 2. The molecule has 6 nitrogen and oxygen atoms in total. The van der Waals surface area contributed by atoms with Gasteiger partial charge in [-0.25, -0.2) is 9.59 Å². The highest BCUT2D eigenvalue weighted by Crippen LogP contribution is 2.38. The van der Waals surface area contributed by atoms with E-state index in [1.165, 1.54) is 0 Å². The molecular formula is C21H30N2O4. The lowest BCUT2D eigenvalue weighted by Crippen LogP contribution is -2.53. The van der Waals surface area contributed by atoms with Crippen molar-refractivity contribution in [1.29, 1.82) is 0 Å². The van der Waals surface area contributed by atoms with Crippen molar-refractivity contribution < 1.29 is 19.1 Å². The summed E-state index contributed by atoms with van der Waals surface area (Å²) in [7, 11) is 1.79. The molecule has 2 aliphatic rings. The highest BCUT2D eigenvalue weighted by atomic mass is 16.6. The molecule has 2 heterocycles. The number of piperidine rings is 1. The van der Waals surface area contributed by atoms with E-state index in [-0.39, 0.29) is 36.9 Å². The van der Waals surface area contributed by atoms with Gasteiger partial charge in [-0.05, 0) is 52.0 Å². The Kier molecular flexibility index (Phi) is 5.63. The van der Waals surface area contributed by atoms with Crippen molar-refractivity contribution in [2.24, 2.45) is 0 Å². The molecule has 0 aliphatic carbocycles. The molecule has 1 aromatic carbocycles. The van der Waals surface area contributed by atoms with E-state index in [0.29, 0.717) is 0 Å². The molecule has 0 aromatic heterocycles. The van der Waals surface area contributed by atoms with Gasteiger partial charge in [0.15, 0.2) is 0 Å². The van der Waals surface area contributed by atoms with E-state index in [9.17, 15) is 9.59 Å². The zero-order valence-corrected chi connectivity index (χ0v) is 16.7. The lowest BCUT2D eigenvalue weighted by atomic mass is 9.97. The Hall–Kier alpha value is -2.24. The van der Waals surface area contributed by atoms with E-state index in [0.717, 1.165) is 31.2 Å². The molecule has 2 fully saturated rings. The standard InChI is InChI=1S/C21H30N2O4/c1-21(2,3)27-20(25)23-16-10-11-17(23)13-18(12-16)22(4)19(24)26-14-15-8-6-5-7-9-15/h5-9,16-18H,10-14H2,1-4H3. The van der Waals surface area contributed by atoms with Gasteiger partial charge < -0.3 is 19.3 Å². The normalized spacial score (nSPS) is 24.4. The van der Waals surface area contributed by atoms with E-state index >= 15 is 0 Å². The Labute approximate surface area is 161 Å². The molecule has 2 aliphatic heterocycles. The fraction of sp³-hybridized carbons (Fsp3) is 0.619. The van der Waals surface area contributed by atoms with Crippen molar-refractivity contribution in [2.75, 3.05) is 7.05 Å². The topological polar surface area (TPSA) is 59.1 Å². The minimum Gasteiger partial charge on any atom is -0.445 e. The average molecular weight is 374 g/mol. The quantitative estimate of drug-likeness (QED) is 0.796. The van der Waals surface area contributed by atoms with Crippen LogP contribution in [-0.4, -0.2) is 52.8 Å². The van der Waals surface area contributed by atoms with E-state index < -0.39 is 5.60 Å². The van der Waals surface area contributed by atoms with Gasteiger partial charge in [0.05, 0.1) is 0 Å². The van der Waals surface area contributed by atoms with Crippen LogP contribution in [0.1, 0.15) is 52.0 Å². The Morgan fingerprint density at radius 1 is 1.11 bits per heavy atom. The second-order valence-corrected chi connectivity index (χ2v) is 8.55. The zero-order chi connectivity index (χ0) is 19.6. The number of benzene rings is 1. The van der Waals surface area contributed by atoms with Gasteiger partial charge in [-0.2, -0.15) is 0 Å². The van der Waals surface area contributed by atoms with Gasteiger partial charge in [-0.1, -0.05) is 30.3 Å². The number of hydrogen-bond donors (Lipinski definition) is 0. The maximum Gasteiger partial charge on any atom is 0.410 e. The molecule has 0 saturated carbocycles. The monoisotopic (exact) mass is 374 g/mol. The van der Waals surface area contributed by atoms with Gasteiger partial charge in [0.2, 0.25) is 0 Å². The van der Waals surface area contributed by atoms with Crippen molar-refractivity contribution in [3.63, 3.8) is 0 Å². The summed E-state index contributed by atoms with van der Waals surface area (Å²) < 4.78 is 11.0. The molecule has 3 rings (SSSR count). The SMILES string of the molecule is CN(C(=O)OCc1ccccc1)C1CC2CCC(C1)N2C(=O)OC(C)(C)C. The summed E-state index contributed by atoms with van der Waals surface area (Å²) in [5, 5.41) is 0. The van der Waals surface area contributed by atoms with Crippen LogP contribution in [0.3, 0.4) is 0 Å². The Morgan fingerprint density at radius 2 is 1.70 bits per heavy atom. The molecule has 6 heteroatoms. The first-order valence-corrected chi connectivity index (χ1v) is 9.69. The predicted octanol–water partition coefficient (Wildman–Crippen LogP) is 4.19. The predicted molar refractivity (Wildman–Crippen MR) is 102 cm³/mol. The van der Waals surface area contributed by atoms with Gasteiger partial charge in [0, 0.05) is 25.2 Å². The van der Waals surface area contributed by atoms with Crippen LogP contribution in [0.4, 0.5) is 9.59 Å². The fourth-order valence-corrected chi connectivity index (χ4v) is 4.05. The molecule has 0 radical (unpaired) electrons. The highest BCUT2D eigenvalue weighted by Gasteiger charge is 2.46. The van der Waals surface area contributed by atoms with Crippen molar-refractivity contribution in [3.05, 3.63) is 35.9 Å². The number of rotatable bonds is 3. The minimum atomic E-state index is -0.495. The zero-order valence-electron chi connectivity index (χ0n) is 16.7. The summed E-state index contributed by atoms with van der Waals surface area (Å²) in [4.78, 5) is 28.6. The molecule has 0 spiro atoms. The summed E-state index contributed by atoms with van der Waals surface area (Å²) in [5.41, 5.74) is 0.477. The van der Waals surface area contributed by atoms with Crippen LogP contribution in [0.5, 0.6) is 0 Å². The smallest absolute Gasteiger partial charge is 0.410 e. The van der Waals surface area contributed by atoms with Crippen LogP contribution >= 0.6 is 0 Å². The van der Waals surface area contributed by atoms with Crippen molar-refractivity contribution in [2.45, 2.75) is 76.8 Å². The largest absolute Gasteiger partial charge is 0.445 e. The molecule has 27 heavy (non-hydrogen) atoms. The first-order valence-electron chi connectivity index (χ1n) is 9.69. The summed E-state index contributed by atoms with van der Waals surface area (Å²) in [5.74, 6) is 0. The summed E-state index contributed by atoms with van der Waals surface area (Å²) >= 11 is 0. The molecule has 0 N–H and O–H groups in total. The van der Waals surface area contributed by atoms with Gasteiger partial charge in [0.1, 0.15) is 12.2 Å². The second kappa shape index (κ2) is 7.79. The maximum absolute atomic E-state index is 12.5. The Morgan fingerprint density at radius 3 is 2.26 bits per heavy atom. The lowest BCUT2D eigenvalue weighted by molar-refractivity contribution is -0.00250. The number of hydrogen-bond acceptors (Lipinski definition) is 4. The van der Waals surface area contributed by atoms with Crippen molar-refractivity contribution >= 4 is 12.2 Å². The Bertz CT molecular complexity index is 657. The Balaban J connectivity index is 1.55. The number of nitrogens with zero attached hydrogens (tertiary/aromatic N) is 2. The second-order valence-electron chi connectivity index (χ2n) is 8.55.